The lowest BCUT2D eigenvalue weighted by molar-refractivity contribution is -0.384. The van der Waals surface area contributed by atoms with E-state index in [1.54, 1.807) is 11.0 Å². The molecule has 0 radical (unpaired) electrons. The number of anilines is 1. The van der Waals surface area contributed by atoms with E-state index in [9.17, 15) is 14.9 Å². The average Bonchev–Trinajstić information content (AvgIpc) is 3.11. The molecule has 1 fully saturated rings. The number of amides is 1. The molecule has 0 unspecified atom stereocenters. The minimum atomic E-state index is -0.473. The van der Waals surface area contributed by atoms with Crippen LogP contribution in [0.15, 0.2) is 42.5 Å². The molecule has 2 aromatic carbocycles. The van der Waals surface area contributed by atoms with E-state index in [0.717, 1.165) is 16.7 Å². The molecule has 9 heteroatoms. The van der Waals surface area contributed by atoms with Gasteiger partial charge in [-0.15, -0.1) is 0 Å². The van der Waals surface area contributed by atoms with Gasteiger partial charge in [-0.1, -0.05) is 23.7 Å². The van der Waals surface area contributed by atoms with Crippen LogP contribution >= 0.6 is 11.6 Å². The van der Waals surface area contributed by atoms with E-state index >= 15 is 0 Å². The van der Waals surface area contributed by atoms with Gasteiger partial charge in [0, 0.05) is 38.3 Å². The van der Waals surface area contributed by atoms with Crippen LogP contribution in [0.2, 0.25) is 5.02 Å². The summed E-state index contributed by atoms with van der Waals surface area (Å²) in [4.78, 5) is 34.3. The molecule has 0 spiro atoms. The highest BCUT2D eigenvalue weighted by Gasteiger charge is 2.25. The number of aromatic nitrogens is 2. The number of fused-ring (bicyclic) bond motifs is 1. The summed E-state index contributed by atoms with van der Waals surface area (Å²) in [6.45, 7) is 2.21. The van der Waals surface area contributed by atoms with Crippen molar-refractivity contribution < 1.29 is 9.72 Å². The molecule has 27 heavy (non-hydrogen) atoms. The zero-order valence-corrected chi connectivity index (χ0v) is 15.0. The molecular weight excluding hydrogens is 370 g/mol. The van der Waals surface area contributed by atoms with Gasteiger partial charge in [0.2, 0.25) is 0 Å². The molecule has 0 saturated carbocycles. The number of rotatable bonds is 3. The van der Waals surface area contributed by atoms with E-state index in [1.165, 1.54) is 12.1 Å². The maximum atomic E-state index is 12.7. The topological polar surface area (TPSA) is 95.4 Å². The number of hydrogen-bond acceptors (Lipinski definition) is 5. The fourth-order valence-electron chi connectivity index (χ4n) is 3.22. The van der Waals surface area contributed by atoms with Crippen molar-refractivity contribution >= 4 is 39.9 Å². The van der Waals surface area contributed by atoms with Crippen molar-refractivity contribution in [1.29, 1.82) is 0 Å². The third-order valence-electron chi connectivity index (χ3n) is 4.64. The second kappa shape index (κ2) is 6.88. The molecule has 4 rings (SSSR count). The number of carbonyl (C=O) groups is 1. The molecule has 3 aromatic rings. The Labute approximate surface area is 159 Å². The number of non-ortho nitro benzene ring substituents is 1. The van der Waals surface area contributed by atoms with Crippen molar-refractivity contribution in [2.45, 2.75) is 0 Å². The van der Waals surface area contributed by atoms with Crippen molar-refractivity contribution in [3.05, 3.63) is 63.4 Å². The zero-order valence-electron chi connectivity index (χ0n) is 14.3. The van der Waals surface area contributed by atoms with Crippen LogP contribution in [0.3, 0.4) is 0 Å². The van der Waals surface area contributed by atoms with Crippen LogP contribution in [0, 0.1) is 10.1 Å². The highest BCUT2D eigenvalue weighted by molar-refractivity contribution is 6.33. The maximum absolute atomic E-state index is 12.7. The first-order valence-electron chi connectivity index (χ1n) is 8.46. The molecule has 0 aliphatic carbocycles. The molecule has 1 aromatic heterocycles. The van der Waals surface area contributed by atoms with Gasteiger partial charge in [-0.3, -0.25) is 14.9 Å². The number of carbonyl (C=O) groups excluding carboxylic acids is 1. The Morgan fingerprint density at radius 2 is 1.89 bits per heavy atom. The molecular formula is C18H16ClN5O3. The van der Waals surface area contributed by atoms with Crippen molar-refractivity contribution in [2.24, 2.45) is 0 Å². The second-order valence-corrected chi connectivity index (χ2v) is 6.68. The molecule has 1 amide bonds. The number of hydrogen-bond donors (Lipinski definition) is 1. The maximum Gasteiger partial charge on any atom is 0.289 e. The molecule has 0 atom stereocenters. The van der Waals surface area contributed by atoms with E-state index in [2.05, 4.69) is 9.97 Å². The predicted octanol–water partition coefficient (Wildman–Crippen LogP) is 3.09. The van der Waals surface area contributed by atoms with Gasteiger partial charge in [0.1, 0.15) is 0 Å². The van der Waals surface area contributed by atoms with E-state index < -0.39 is 4.92 Å². The summed E-state index contributed by atoms with van der Waals surface area (Å²) in [5.74, 6) is 0.193. The number of nitrogens with zero attached hydrogens (tertiary/aromatic N) is 4. The van der Waals surface area contributed by atoms with Gasteiger partial charge >= 0.3 is 0 Å². The van der Waals surface area contributed by atoms with E-state index in [1.807, 2.05) is 29.2 Å². The third kappa shape index (κ3) is 3.31. The molecule has 8 nitrogen and oxygen atoms in total. The summed E-state index contributed by atoms with van der Waals surface area (Å²) in [5.41, 5.74) is 2.29. The van der Waals surface area contributed by atoms with Gasteiger partial charge < -0.3 is 14.8 Å². The van der Waals surface area contributed by atoms with E-state index in [-0.39, 0.29) is 11.6 Å². The standard InChI is InChI=1S/C18H16ClN5O3/c19-13-11-12(24(26)27)5-6-16(13)22-7-9-23(10-8-22)18(25)17-20-14-3-1-2-4-15(14)21-17/h1-6,11H,7-10H2,(H,20,21). The van der Waals surface area contributed by atoms with Crippen molar-refractivity contribution in [2.75, 3.05) is 31.1 Å². The Bertz CT molecular complexity index is 994. The number of H-pyrrole nitrogens is 1. The van der Waals surface area contributed by atoms with E-state index in [0.29, 0.717) is 37.0 Å². The van der Waals surface area contributed by atoms with Gasteiger partial charge in [-0.05, 0) is 18.2 Å². The third-order valence-corrected chi connectivity index (χ3v) is 4.94. The van der Waals surface area contributed by atoms with Crippen LogP contribution in [0.5, 0.6) is 0 Å². The highest BCUT2D eigenvalue weighted by Crippen LogP contribution is 2.30. The SMILES string of the molecule is O=C(c1nc2ccccc2[nH]1)N1CCN(c2ccc([N+](=O)[O-])cc2Cl)CC1. The van der Waals surface area contributed by atoms with Crippen molar-refractivity contribution in [1.82, 2.24) is 14.9 Å². The molecule has 1 aliphatic rings. The number of benzene rings is 2. The molecule has 0 bridgehead atoms. The summed E-state index contributed by atoms with van der Waals surface area (Å²) in [5, 5.41) is 11.2. The summed E-state index contributed by atoms with van der Waals surface area (Å²) in [6.07, 6.45) is 0. The first kappa shape index (κ1) is 17.3. The normalized spacial score (nSPS) is 14.6. The van der Waals surface area contributed by atoms with Crippen molar-refractivity contribution in [3.8, 4) is 0 Å². The van der Waals surface area contributed by atoms with Gasteiger partial charge in [-0.25, -0.2) is 4.98 Å². The smallest absolute Gasteiger partial charge is 0.289 e. The molecule has 1 aliphatic heterocycles. The van der Waals surface area contributed by atoms with Gasteiger partial charge in [0.05, 0.1) is 26.7 Å². The summed E-state index contributed by atoms with van der Waals surface area (Å²) in [7, 11) is 0. The Morgan fingerprint density at radius 1 is 1.15 bits per heavy atom. The monoisotopic (exact) mass is 385 g/mol. The minimum Gasteiger partial charge on any atom is -0.367 e. The van der Waals surface area contributed by atoms with Crippen LogP contribution in [0.25, 0.3) is 11.0 Å². The Kier molecular flexibility index (Phi) is 4.41. The minimum absolute atomic E-state index is 0.0394. The summed E-state index contributed by atoms with van der Waals surface area (Å²) in [6, 6.07) is 11.9. The Balaban J connectivity index is 1.45. The average molecular weight is 386 g/mol. The lowest BCUT2D eigenvalue weighted by atomic mass is 10.2. The lowest BCUT2D eigenvalue weighted by Crippen LogP contribution is -2.49. The number of nitro groups is 1. The Morgan fingerprint density at radius 3 is 2.56 bits per heavy atom. The number of aromatic amines is 1. The van der Waals surface area contributed by atoms with Crippen LogP contribution in [0.1, 0.15) is 10.6 Å². The molecule has 138 valence electrons. The number of nitrogens with one attached hydrogen (secondary N) is 1. The predicted molar refractivity (Wildman–Crippen MR) is 102 cm³/mol. The molecule has 1 saturated heterocycles. The number of piperazine rings is 1. The van der Waals surface area contributed by atoms with Gasteiger partial charge in [0.25, 0.3) is 11.6 Å². The molecule has 2 heterocycles. The highest BCUT2D eigenvalue weighted by atomic mass is 35.5. The molecule has 1 N–H and O–H groups in total. The van der Waals surface area contributed by atoms with Crippen molar-refractivity contribution in [3.63, 3.8) is 0 Å². The quantitative estimate of drug-likeness (QED) is 0.552. The first-order chi connectivity index (χ1) is 13.0. The van der Waals surface area contributed by atoms with Crippen LogP contribution in [-0.2, 0) is 0 Å². The van der Waals surface area contributed by atoms with Gasteiger partial charge in [0.15, 0.2) is 5.82 Å². The summed E-state index contributed by atoms with van der Waals surface area (Å²) < 4.78 is 0. The summed E-state index contributed by atoms with van der Waals surface area (Å²) >= 11 is 6.21. The lowest BCUT2D eigenvalue weighted by Gasteiger charge is -2.36. The van der Waals surface area contributed by atoms with Gasteiger partial charge in [-0.2, -0.15) is 0 Å². The number of halogens is 1. The Hall–Kier alpha value is -3.13. The first-order valence-corrected chi connectivity index (χ1v) is 8.83. The van der Waals surface area contributed by atoms with Crippen LogP contribution < -0.4 is 4.90 Å². The fourth-order valence-corrected chi connectivity index (χ4v) is 3.51. The number of nitro benzene ring substituents is 1. The zero-order chi connectivity index (χ0) is 19.0. The number of imidazole rings is 1. The fraction of sp³-hybridized carbons (Fsp3) is 0.222. The largest absolute Gasteiger partial charge is 0.367 e. The van der Waals surface area contributed by atoms with E-state index in [4.69, 9.17) is 11.6 Å². The second-order valence-electron chi connectivity index (χ2n) is 6.27. The van der Waals surface area contributed by atoms with Crippen LogP contribution in [0.4, 0.5) is 11.4 Å². The van der Waals surface area contributed by atoms with Crippen LogP contribution in [-0.4, -0.2) is 51.9 Å². The number of para-hydroxylation sites is 2.